The van der Waals surface area contributed by atoms with Crippen LogP contribution in [0, 0.1) is 0 Å². The molecule has 2 N–H and O–H groups in total. The van der Waals surface area contributed by atoms with Crippen molar-refractivity contribution in [3.63, 3.8) is 0 Å². The van der Waals surface area contributed by atoms with E-state index in [0.717, 1.165) is 31.6 Å². The molecule has 0 radical (unpaired) electrons. The van der Waals surface area contributed by atoms with Crippen LogP contribution in [0.3, 0.4) is 0 Å². The minimum Gasteiger partial charge on any atom is -0.490 e. The van der Waals surface area contributed by atoms with Crippen LogP contribution in [-0.2, 0) is 10.3 Å². The molecule has 4 heteroatoms. The number of aromatic nitrogens is 2. The van der Waals surface area contributed by atoms with Crippen LogP contribution >= 0.6 is 0 Å². The Kier molecular flexibility index (Phi) is 1.64. The first-order valence-electron chi connectivity index (χ1n) is 5.00. The number of aromatic amines is 1. The zero-order valence-corrected chi connectivity index (χ0v) is 7.92. The molecule has 1 aromatic heterocycles. The maximum absolute atomic E-state index is 5.81. The molecule has 3 heterocycles. The smallest absolute Gasteiger partial charge is 0.139 e. The molecule has 1 aromatic rings. The maximum atomic E-state index is 5.81. The topological polar surface area (TPSA) is 49.9 Å². The van der Waals surface area contributed by atoms with Crippen LogP contribution in [0.1, 0.15) is 24.1 Å². The van der Waals surface area contributed by atoms with E-state index in [1.807, 2.05) is 12.3 Å². The van der Waals surface area contributed by atoms with Crippen LogP contribution in [0.15, 0.2) is 12.5 Å². The van der Waals surface area contributed by atoms with E-state index >= 15 is 0 Å². The van der Waals surface area contributed by atoms with Crippen molar-refractivity contribution in [3.8, 4) is 0 Å². The number of nitrogens with zero attached hydrogens (tertiary/aromatic N) is 1. The summed E-state index contributed by atoms with van der Waals surface area (Å²) in [6.07, 6.45) is 7.65. The number of rotatable bonds is 0. The molecule has 1 fully saturated rings. The molecule has 0 saturated carbocycles. The van der Waals surface area contributed by atoms with E-state index in [1.54, 1.807) is 6.26 Å². The molecule has 1 spiro atoms. The minimum absolute atomic E-state index is 0.123. The van der Waals surface area contributed by atoms with E-state index in [4.69, 9.17) is 4.74 Å². The van der Waals surface area contributed by atoms with Crippen LogP contribution in [0.5, 0.6) is 0 Å². The fourth-order valence-corrected chi connectivity index (χ4v) is 2.30. The summed E-state index contributed by atoms with van der Waals surface area (Å²) in [7, 11) is 0. The van der Waals surface area contributed by atoms with Gasteiger partial charge in [-0.1, -0.05) is 0 Å². The lowest BCUT2D eigenvalue weighted by Gasteiger charge is -2.38. The summed E-state index contributed by atoms with van der Waals surface area (Å²) in [6.45, 7) is 2.02. The summed E-state index contributed by atoms with van der Waals surface area (Å²) in [5.74, 6) is 0. The third-order valence-electron chi connectivity index (χ3n) is 3.10. The molecule has 74 valence electrons. The number of ether oxygens (including phenoxy) is 1. The molecule has 2 aliphatic rings. The Hall–Kier alpha value is -1.29. The first-order chi connectivity index (χ1) is 6.91. The van der Waals surface area contributed by atoms with E-state index in [9.17, 15) is 0 Å². The molecule has 0 aromatic carbocycles. The quantitative estimate of drug-likeness (QED) is 0.643. The molecular formula is C10H13N3O. The van der Waals surface area contributed by atoms with Crippen molar-refractivity contribution in [1.82, 2.24) is 15.5 Å². The van der Waals surface area contributed by atoms with Gasteiger partial charge in [0.1, 0.15) is 5.60 Å². The van der Waals surface area contributed by atoms with Crippen molar-refractivity contribution >= 4 is 6.08 Å². The number of H-pyrrole nitrogens is 1. The van der Waals surface area contributed by atoms with E-state index in [2.05, 4.69) is 15.5 Å². The number of piperidine rings is 1. The number of fused-ring (bicyclic) bond motifs is 2. The summed E-state index contributed by atoms with van der Waals surface area (Å²) in [5.41, 5.74) is 2.18. The number of hydrogen-bond donors (Lipinski definition) is 2. The van der Waals surface area contributed by atoms with Gasteiger partial charge in [-0.05, 0) is 19.2 Å². The van der Waals surface area contributed by atoms with Crippen LogP contribution in [-0.4, -0.2) is 23.3 Å². The highest BCUT2D eigenvalue weighted by molar-refractivity contribution is 5.52. The lowest BCUT2D eigenvalue weighted by molar-refractivity contribution is -0.0120. The molecule has 3 rings (SSSR count). The standard InChI is InChI=1S/C10H13N3O/c1-6-14-10(2-4-11-5-3-10)8-7-12-13-9(1)8/h1,6-7,11H,2-5H2,(H,12,13). The lowest BCUT2D eigenvalue weighted by atomic mass is 9.84. The van der Waals surface area contributed by atoms with Crippen molar-refractivity contribution in [3.05, 3.63) is 23.7 Å². The zero-order valence-electron chi connectivity index (χ0n) is 7.92. The largest absolute Gasteiger partial charge is 0.490 e. The van der Waals surface area contributed by atoms with Gasteiger partial charge in [0.25, 0.3) is 0 Å². The fourth-order valence-electron chi connectivity index (χ4n) is 2.30. The highest BCUT2D eigenvalue weighted by atomic mass is 16.5. The Balaban J connectivity index is 2.05. The zero-order chi connectivity index (χ0) is 9.43. The van der Waals surface area contributed by atoms with E-state index in [0.29, 0.717) is 0 Å². The van der Waals surface area contributed by atoms with Crippen LogP contribution < -0.4 is 5.32 Å². The molecule has 4 nitrogen and oxygen atoms in total. The Labute approximate surface area is 82.3 Å². The average Bonchev–Trinajstić information content (AvgIpc) is 2.69. The average molecular weight is 191 g/mol. The highest BCUT2D eigenvalue weighted by Crippen LogP contribution is 2.39. The molecule has 0 amide bonds. The molecule has 0 atom stereocenters. The molecular weight excluding hydrogens is 178 g/mol. The number of hydrogen-bond acceptors (Lipinski definition) is 3. The maximum Gasteiger partial charge on any atom is 0.139 e. The third kappa shape index (κ3) is 1.00. The lowest BCUT2D eigenvalue weighted by Crippen LogP contribution is -2.41. The SMILES string of the molecule is C1=Cc2[nH]ncc2C2(CCNCC2)O1. The highest BCUT2D eigenvalue weighted by Gasteiger charge is 2.39. The second-order valence-electron chi connectivity index (χ2n) is 3.86. The first kappa shape index (κ1) is 8.05. The van der Waals surface area contributed by atoms with Crippen LogP contribution in [0.25, 0.3) is 6.08 Å². The summed E-state index contributed by atoms with van der Waals surface area (Å²) < 4.78 is 5.81. The Bertz CT molecular complexity index is 363. The van der Waals surface area contributed by atoms with Crippen molar-refractivity contribution in [1.29, 1.82) is 0 Å². The van der Waals surface area contributed by atoms with Crippen LogP contribution in [0.2, 0.25) is 0 Å². The Morgan fingerprint density at radius 2 is 2.21 bits per heavy atom. The van der Waals surface area contributed by atoms with Crippen LogP contribution in [0.4, 0.5) is 0 Å². The van der Waals surface area contributed by atoms with Gasteiger partial charge in [-0.15, -0.1) is 0 Å². The minimum atomic E-state index is -0.123. The number of nitrogens with one attached hydrogen (secondary N) is 2. The van der Waals surface area contributed by atoms with Crippen molar-refractivity contribution in [2.24, 2.45) is 0 Å². The molecule has 0 unspecified atom stereocenters. The molecule has 0 bridgehead atoms. The van der Waals surface area contributed by atoms with Gasteiger partial charge in [-0.2, -0.15) is 5.10 Å². The second-order valence-corrected chi connectivity index (χ2v) is 3.86. The van der Waals surface area contributed by atoms with Crippen molar-refractivity contribution < 1.29 is 4.74 Å². The van der Waals surface area contributed by atoms with Gasteiger partial charge in [-0.3, -0.25) is 5.10 Å². The van der Waals surface area contributed by atoms with Gasteiger partial charge >= 0.3 is 0 Å². The molecule has 0 aliphatic carbocycles. The van der Waals surface area contributed by atoms with E-state index in [1.165, 1.54) is 5.56 Å². The van der Waals surface area contributed by atoms with Crippen molar-refractivity contribution in [2.45, 2.75) is 18.4 Å². The van der Waals surface area contributed by atoms with Gasteiger partial charge in [0, 0.05) is 18.4 Å². The fraction of sp³-hybridized carbons (Fsp3) is 0.500. The summed E-state index contributed by atoms with van der Waals surface area (Å²) in [5, 5.41) is 10.4. The third-order valence-corrected chi connectivity index (χ3v) is 3.10. The molecule has 2 aliphatic heterocycles. The Morgan fingerprint density at radius 3 is 3.07 bits per heavy atom. The summed E-state index contributed by atoms with van der Waals surface area (Å²) in [4.78, 5) is 0. The van der Waals surface area contributed by atoms with Gasteiger partial charge in [0.2, 0.25) is 0 Å². The van der Waals surface area contributed by atoms with Gasteiger partial charge < -0.3 is 10.1 Å². The summed E-state index contributed by atoms with van der Waals surface area (Å²) in [6, 6.07) is 0. The van der Waals surface area contributed by atoms with E-state index < -0.39 is 0 Å². The van der Waals surface area contributed by atoms with E-state index in [-0.39, 0.29) is 5.60 Å². The van der Waals surface area contributed by atoms with Gasteiger partial charge in [-0.25, -0.2) is 0 Å². The summed E-state index contributed by atoms with van der Waals surface area (Å²) >= 11 is 0. The van der Waals surface area contributed by atoms with Gasteiger partial charge in [0.15, 0.2) is 0 Å². The Morgan fingerprint density at radius 1 is 1.36 bits per heavy atom. The predicted molar refractivity (Wildman–Crippen MR) is 52.5 cm³/mol. The normalized spacial score (nSPS) is 23.1. The second kappa shape index (κ2) is 2.85. The molecule has 14 heavy (non-hydrogen) atoms. The first-order valence-corrected chi connectivity index (χ1v) is 5.00. The predicted octanol–water partition coefficient (Wildman–Crippen LogP) is 0.989. The van der Waals surface area contributed by atoms with Crippen molar-refractivity contribution in [2.75, 3.05) is 13.1 Å². The molecule has 1 saturated heterocycles. The van der Waals surface area contributed by atoms with Gasteiger partial charge in [0.05, 0.1) is 18.2 Å². The monoisotopic (exact) mass is 191 g/mol.